The number of hydrogen-bond donors (Lipinski definition) is 1. The Labute approximate surface area is 168 Å². The highest BCUT2D eigenvalue weighted by Crippen LogP contribution is 2.35. The lowest BCUT2D eigenvalue weighted by molar-refractivity contribution is -0.108. The first-order valence-corrected chi connectivity index (χ1v) is 10.2. The van der Waals surface area contributed by atoms with Crippen LogP contribution >= 0.6 is 0 Å². The summed E-state index contributed by atoms with van der Waals surface area (Å²) < 4.78 is 0. The summed E-state index contributed by atoms with van der Waals surface area (Å²) in [5.74, 6) is 1.02. The number of aldehydes is 1. The van der Waals surface area contributed by atoms with Crippen molar-refractivity contribution in [3.05, 3.63) is 53.6 Å². The molecule has 4 nitrogen and oxygen atoms in total. The summed E-state index contributed by atoms with van der Waals surface area (Å²) in [6.07, 6.45) is 4.92. The molecule has 0 amide bonds. The standard InChI is InChI=1S/C24H29N3O/c1-3-20(12-15-28)21-6-9-24(27-13-10-18(2)11-14-27)23(16-21)26-22-7-4-19(17-25)5-8-22/h4-9,15-16,18,20,26H,3,10-14H2,1-2H3. The zero-order valence-electron chi connectivity index (χ0n) is 16.8. The quantitative estimate of drug-likeness (QED) is 0.638. The highest BCUT2D eigenvalue weighted by Gasteiger charge is 2.20. The van der Waals surface area contributed by atoms with Crippen LogP contribution in [0, 0.1) is 17.2 Å². The fourth-order valence-corrected chi connectivity index (χ4v) is 3.87. The SMILES string of the molecule is CCC(CC=O)c1ccc(N2CCC(C)CC2)c(Nc2ccc(C#N)cc2)c1. The Hall–Kier alpha value is -2.80. The van der Waals surface area contributed by atoms with Crippen LogP contribution < -0.4 is 10.2 Å². The number of hydrogen-bond acceptors (Lipinski definition) is 4. The average Bonchev–Trinajstić information content (AvgIpc) is 2.73. The third-order valence-corrected chi connectivity index (χ3v) is 5.78. The maximum Gasteiger partial charge on any atom is 0.120 e. The van der Waals surface area contributed by atoms with Crippen LogP contribution in [-0.2, 0) is 4.79 Å². The fraction of sp³-hybridized carbons (Fsp3) is 0.417. The number of anilines is 3. The van der Waals surface area contributed by atoms with Crippen molar-refractivity contribution < 1.29 is 4.79 Å². The minimum Gasteiger partial charge on any atom is -0.370 e. The van der Waals surface area contributed by atoms with Crippen LogP contribution in [0.3, 0.4) is 0 Å². The van der Waals surface area contributed by atoms with E-state index >= 15 is 0 Å². The molecule has 0 saturated carbocycles. The second kappa shape index (κ2) is 9.41. The van der Waals surface area contributed by atoms with Crippen LogP contribution in [0.25, 0.3) is 0 Å². The molecule has 0 radical (unpaired) electrons. The van der Waals surface area contributed by atoms with Gasteiger partial charge in [-0.05, 0) is 73.1 Å². The summed E-state index contributed by atoms with van der Waals surface area (Å²) in [6, 6.07) is 16.3. The molecule has 146 valence electrons. The number of carbonyl (C=O) groups excluding carboxylic acids is 1. The van der Waals surface area contributed by atoms with Gasteiger partial charge in [0.1, 0.15) is 6.29 Å². The van der Waals surface area contributed by atoms with Crippen LogP contribution in [-0.4, -0.2) is 19.4 Å². The number of nitrogens with zero attached hydrogens (tertiary/aromatic N) is 2. The summed E-state index contributed by atoms with van der Waals surface area (Å²) >= 11 is 0. The molecule has 3 rings (SSSR count). The second-order valence-corrected chi connectivity index (χ2v) is 7.77. The maximum atomic E-state index is 11.1. The van der Waals surface area contributed by atoms with Crippen molar-refractivity contribution in [1.29, 1.82) is 5.26 Å². The minimum atomic E-state index is 0.245. The molecule has 1 atom stereocenters. The van der Waals surface area contributed by atoms with Gasteiger partial charge in [-0.25, -0.2) is 0 Å². The Bertz CT molecular complexity index is 830. The van der Waals surface area contributed by atoms with E-state index in [0.717, 1.165) is 43.1 Å². The lowest BCUT2D eigenvalue weighted by Crippen LogP contribution is -2.33. The van der Waals surface area contributed by atoms with Crippen molar-refractivity contribution in [2.24, 2.45) is 5.92 Å². The van der Waals surface area contributed by atoms with Crippen molar-refractivity contribution in [3.63, 3.8) is 0 Å². The van der Waals surface area contributed by atoms with Gasteiger partial charge < -0.3 is 15.0 Å². The number of carbonyl (C=O) groups is 1. The lowest BCUT2D eigenvalue weighted by Gasteiger charge is -2.34. The first-order chi connectivity index (χ1) is 13.6. The molecule has 1 unspecified atom stereocenters. The van der Waals surface area contributed by atoms with Gasteiger partial charge in [-0.1, -0.05) is 19.9 Å². The molecule has 28 heavy (non-hydrogen) atoms. The number of rotatable bonds is 7. The zero-order valence-corrected chi connectivity index (χ0v) is 16.8. The average molecular weight is 376 g/mol. The molecule has 1 fully saturated rings. The third-order valence-electron chi connectivity index (χ3n) is 5.78. The highest BCUT2D eigenvalue weighted by molar-refractivity contribution is 5.76. The molecule has 0 bridgehead atoms. The monoisotopic (exact) mass is 375 g/mol. The molecule has 2 aromatic rings. The van der Waals surface area contributed by atoms with E-state index in [1.165, 1.54) is 24.1 Å². The second-order valence-electron chi connectivity index (χ2n) is 7.77. The van der Waals surface area contributed by atoms with Crippen LogP contribution in [0.1, 0.15) is 56.6 Å². The van der Waals surface area contributed by atoms with Gasteiger partial charge in [0.15, 0.2) is 0 Å². The topological polar surface area (TPSA) is 56.1 Å². The van der Waals surface area contributed by atoms with Gasteiger partial charge in [0, 0.05) is 25.2 Å². The number of piperidine rings is 1. The van der Waals surface area contributed by atoms with Crippen LogP contribution in [0.2, 0.25) is 0 Å². The Morgan fingerprint density at radius 2 is 1.93 bits per heavy atom. The van der Waals surface area contributed by atoms with Gasteiger partial charge in [0.25, 0.3) is 0 Å². The Morgan fingerprint density at radius 3 is 2.54 bits per heavy atom. The summed E-state index contributed by atoms with van der Waals surface area (Å²) in [4.78, 5) is 13.5. The van der Waals surface area contributed by atoms with E-state index < -0.39 is 0 Å². The molecular formula is C24H29N3O. The molecule has 1 heterocycles. The summed E-state index contributed by atoms with van der Waals surface area (Å²) in [5, 5.41) is 12.6. The molecule has 4 heteroatoms. The fourth-order valence-electron chi connectivity index (χ4n) is 3.87. The Balaban J connectivity index is 1.93. The Morgan fingerprint density at radius 1 is 1.21 bits per heavy atom. The molecule has 1 aliphatic rings. The van der Waals surface area contributed by atoms with Crippen LogP contribution in [0.15, 0.2) is 42.5 Å². The highest BCUT2D eigenvalue weighted by atomic mass is 16.1. The van der Waals surface area contributed by atoms with Crippen molar-refractivity contribution in [2.45, 2.75) is 45.4 Å². The first kappa shape index (κ1) is 19.9. The van der Waals surface area contributed by atoms with Gasteiger partial charge in [-0.2, -0.15) is 5.26 Å². The summed E-state index contributed by atoms with van der Waals surface area (Å²) in [5.41, 5.74) is 5.09. The van der Waals surface area contributed by atoms with E-state index in [9.17, 15) is 4.79 Å². The van der Waals surface area contributed by atoms with E-state index in [0.29, 0.717) is 12.0 Å². The van der Waals surface area contributed by atoms with Crippen molar-refractivity contribution in [3.8, 4) is 6.07 Å². The number of benzene rings is 2. The molecule has 2 aromatic carbocycles. The molecule has 1 N–H and O–H groups in total. The zero-order chi connectivity index (χ0) is 19.9. The molecule has 0 spiro atoms. The van der Waals surface area contributed by atoms with Gasteiger partial charge in [0.05, 0.1) is 23.0 Å². The van der Waals surface area contributed by atoms with Gasteiger partial charge >= 0.3 is 0 Å². The number of nitrogens with one attached hydrogen (secondary N) is 1. The van der Waals surface area contributed by atoms with Crippen molar-refractivity contribution in [2.75, 3.05) is 23.3 Å². The summed E-state index contributed by atoms with van der Waals surface area (Å²) in [7, 11) is 0. The maximum absolute atomic E-state index is 11.1. The van der Waals surface area contributed by atoms with Gasteiger partial charge in [-0.3, -0.25) is 0 Å². The predicted octanol–water partition coefficient (Wildman–Crippen LogP) is 5.62. The smallest absolute Gasteiger partial charge is 0.120 e. The molecule has 1 saturated heterocycles. The minimum absolute atomic E-state index is 0.245. The van der Waals surface area contributed by atoms with E-state index in [1.807, 2.05) is 24.3 Å². The van der Waals surface area contributed by atoms with Crippen LogP contribution in [0.4, 0.5) is 17.1 Å². The largest absolute Gasteiger partial charge is 0.370 e. The normalized spacial score (nSPS) is 15.7. The molecule has 0 aromatic heterocycles. The molecule has 1 aliphatic heterocycles. The lowest BCUT2D eigenvalue weighted by atomic mass is 9.92. The van der Waals surface area contributed by atoms with Crippen LogP contribution in [0.5, 0.6) is 0 Å². The summed E-state index contributed by atoms with van der Waals surface area (Å²) in [6.45, 7) is 6.58. The van der Waals surface area contributed by atoms with Crippen molar-refractivity contribution in [1.82, 2.24) is 0 Å². The van der Waals surface area contributed by atoms with E-state index in [2.05, 4.69) is 48.3 Å². The van der Waals surface area contributed by atoms with Crippen molar-refractivity contribution >= 4 is 23.3 Å². The first-order valence-electron chi connectivity index (χ1n) is 10.2. The van der Waals surface area contributed by atoms with Gasteiger partial charge in [0.2, 0.25) is 0 Å². The van der Waals surface area contributed by atoms with E-state index in [1.54, 1.807) is 0 Å². The molecular weight excluding hydrogens is 346 g/mol. The predicted molar refractivity (Wildman–Crippen MR) is 115 cm³/mol. The van der Waals surface area contributed by atoms with E-state index in [4.69, 9.17) is 5.26 Å². The Kier molecular flexibility index (Phi) is 6.71. The van der Waals surface area contributed by atoms with E-state index in [-0.39, 0.29) is 5.92 Å². The number of nitriles is 1. The third kappa shape index (κ3) is 4.72. The molecule has 0 aliphatic carbocycles. The van der Waals surface area contributed by atoms with Gasteiger partial charge in [-0.15, -0.1) is 0 Å².